The van der Waals surface area contributed by atoms with Crippen LogP contribution in [0.25, 0.3) is 0 Å². The summed E-state index contributed by atoms with van der Waals surface area (Å²) in [5, 5.41) is 10.8. The van der Waals surface area contributed by atoms with Crippen LogP contribution in [0, 0.1) is 23.0 Å². The molecule has 1 amide bonds. The van der Waals surface area contributed by atoms with Crippen molar-refractivity contribution in [2.45, 2.75) is 0 Å². The topological polar surface area (TPSA) is 52.9 Å². The minimum Gasteiger partial charge on any atom is -0.318 e. The van der Waals surface area contributed by atoms with Gasteiger partial charge in [-0.2, -0.15) is 5.26 Å². The van der Waals surface area contributed by atoms with Gasteiger partial charge in [-0.15, -0.1) is 0 Å². The molecule has 0 aliphatic carbocycles. The van der Waals surface area contributed by atoms with Gasteiger partial charge in [0.25, 0.3) is 5.91 Å². The maximum atomic E-state index is 13.5. The number of nitriles is 1. The number of nitrogens with zero attached hydrogens (tertiary/aromatic N) is 1. The van der Waals surface area contributed by atoms with Gasteiger partial charge in [-0.25, -0.2) is 8.78 Å². The number of hydrogen-bond acceptors (Lipinski definition) is 2. The number of rotatable bonds is 2. The van der Waals surface area contributed by atoms with Crippen molar-refractivity contribution in [1.82, 2.24) is 0 Å². The van der Waals surface area contributed by atoms with Gasteiger partial charge >= 0.3 is 0 Å². The molecule has 0 aliphatic rings. The Kier molecular flexibility index (Phi) is 3.97. The lowest BCUT2D eigenvalue weighted by Gasteiger charge is -2.08. The van der Waals surface area contributed by atoms with E-state index < -0.39 is 17.5 Å². The van der Waals surface area contributed by atoms with E-state index in [1.54, 1.807) is 0 Å². The van der Waals surface area contributed by atoms with Crippen LogP contribution < -0.4 is 5.32 Å². The zero-order valence-corrected chi connectivity index (χ0v) is 10.7. The Bertz CT molecular complexity index is 702. The molecule has 3 nitrogen and oxygen atoms in total. The first-order valence-electron chi connectivity index (χ1n) is 5.47. The Morgan fingerprint density at radius 1 is 1.25 bits per heavy atom. The average Bonchev–Trinajstić information content (AvgIpc) is 2.42. The van der Waals surface area contributed by atoms with E-state index in [2.05, 4.69) is 5.32 Å². The van der Waals surface area contributed by atoms with Gasteiger partial charge < -0.3 is 5.32 Å². The number of carbonyl (C=O) groups excluding carboxylic acids is 1. The van der Waals surface area contributed by atoms with Gasteiger partial charge in [-0.3, -0.25) is 4.79 Å². The summed E-state index contributed by atoms with van der Waals surface area (Å²) in [5.74, 6) is -2.45. The van der Waals surface area contributed by atoms with E-state index in [4.69, 9.17) is 16.9 Å². The molecule has 100 valence electrons. The van der Waals surface area contributed by atoms with E-state index >= 15 is 0 Å². The highest BCUT2D eigenvalue weighted by molar-refractivity contribution is 6.34. The molecule has 0 aliphatic heterocycles. The first-order chi connectivity index (χ1) is 9.51. The maximum Gasteiger partial charge on any atom is 0.255 e. The molecule has 0 spiro atoms. The molecule has 0 fully saturated rings. The number of benzene rings is 2. The molecule has 2 aromatic carbocycles. The highest BCUT2D eigenvalue weighted by atomic mass is 35.5. The van der Waals surface area contributed by atoms with E-state index in [-0.39, 0.29) is 16.3 Å². The molecule has 0 saturated carbocycles. The van der Waals surface area contributed by atoms with Crippen molar-refractivity contribution in [3.63, 3.8) is 0 Å². The standard InChI is InChI=1S/C14H7ClF2N2O/c15-11-5-10(16)6-12(17)13(11)19-14(20)9-3-1-2-8(4-9)7-18/h1-6H,(H,19,20). The lowest BCUT2D eigenvalue weighted by molar-refractivity contribution is 0.102. The third-order valence-corrected chi connectivity index (χ3v) is 2.80. The van der Waals surface area contributed by atoms with Crippen LogP contribution in [0.2, 0.25) is 5.02 Å². The lowest BCUT2D eigenvalue weighted by atomic mass is 10.1. The quantitative estimate of drug-likeness (QED) is 0.916. The van der Waals surface area contributed by atoms with Crippen molar-refractivity contribution in [3.8, 4) is 6.07 Å². The van der Waals surface area contributed by atoms with Gasteiger partial charge in [-0.05, 0) is 24.3 Å². The van der Waals surface area contributed by atoms with Crippen molar-refractivity contribution in [1.29, 1.82) is 5.26 Å². The van der Waals surface area contributed by atoms with Crippen molar-refractivity contribution in [2.24, 2.45) is 0 Å². The van der Waals surface area contributed by atoms with Crippen LogP contribution in [0.1, 0.15) is 15.9 Å². The number of amides is 1. The molecule has 0 bridgehead atoms. The number of halogens is 3. The SMILES string of the molecule is N#Cc1cccc(C(=O)Nc2c(F)cc(F)cc2Cl)c1. The second kappa shape index (κ2) is 5.68. The van der Waals surface area contributed by atoms with E-state index in [1.165, 1.54) is 24.3 Å². The van der Waals surface area contributed by atoms with Gasteiger partial charge in [-0.1, -0.05) is 17.7 Å². The third kappa shape index (κ3) is 2.92. The highest BCUT2D eigenvalue weighted by Crippen LogP contribution is 2.26. The summed E-state index contributed by atoms with van der Waals surface area (Å²) >= 11 is 5.68. The summed E-state index contributed by atoms with van der Waals surface area (Å²) in [4.78, 5) is 11.9. The largest absolute Gasteiger partial charge is 0.318 e. The fourth-order valence-electron chi connectivity index (χ4n) is 1.58. The second-order valence-corrected chi connectivity index (χ2v) is 4.30. The fraction of sp³-hybridized carbons (Fsp3) is 0. The third-order valence-electron chi connectivity index (χ3n) is 2.50. The van der Waals surface area contributed by atoms with Crippen molar-refractivity contribution in [2.75, 3.05) is 5.32 Å². The van der Waals surface area contributed by atoms with Crippen LogP contribution in [0.15, 0.2) is 36.4 Å². The first-order valence-corrected chi connectivity index (χ1v) is 5.85. The molecular weight excluding hydrogens is 286 g/mol. The molecule has 0 unspecified atom stereocenters. The van der Waals surface area contributed by atoms with Crippen LogP contribution in [0.5, 0.6) is 0 Å². The highest BCUT2D eigenvalue weighted by Gasteiger charge is 2.14. The molecule has 0 saturated heterocycles. The van der Waals surface area contributed by atoms with Gasteiger partial charge in [0.05, 0.1) is 22.3 Å². The molecule has 0 heterocycles. The molecule has 20 heavy (non-hydrogen) atoms. The van der Waals surface area contributed by atoms with Crippen molar-refractivity contribution < 1.29 is 13.6 Å². The second-order valence-electron chi connectivity index (χ2n) is 3.89. The molecule has 6 heteroatoms. The Balaban J connectivity index is 2.31. The fourth-order valence-corrected chi connectivity index (χ4v) is 1.82. The Labute approximate surface area is 118 Å². The zero-order valence-electron chi connectivity index (χ0n) is 9.95. The number of hydrogen-bond donors (Lipinski definition) is 1. The van der Waals surface area contributed by atoms with Crippen LogP contribution in [0.4, 0.5) is 14.5 Å². The monoisotopic (exact) mass is 292 g/mol. The molecule has 0 aromatic heterocycles. The predicted octanol–water partition coefficient (Wildman–Crippen LogP) is 3.74. The minimum absolute atomic E-state index is 0.170. The lowest BCUT2D eigenvalue weighted by Crippen LogP contribution is -2.13. The Morgan fingerprint density at radius 2 is 2.00 bits per heavy atom. The first kappa shape index (κ1) is 14.0. The Morgan fingerprint density at radius 3 is 2.65 bits per heavy atom. The summed E-state index contributed by atoms with van der Waals surface area (Å²) in [6.45, 7) is 0. The van der Waals surface area contributed by atoms with Gasteiger partial charge in [0.2, 0.25) is 0 Å². The zero-order chi connectivity index (χ0) is 14.7. The van der Waals surface area contributed by atoms with Crippen LogP contribution in [-0.2, 0) is 0 Å². The summed E-state index contributed by atoms with van der Waals surface area (Å²) in [6, 6.07) is 9.27. The van der Waals surface area contributed by atoms with Gasteiger partial charge in [0.1, 0.15) is 5.82 Å². The molecule has 0 radical (unpaired) electrons. The number of carbonyl (C=O) groups is 1. The summed E-state index contributed by atoms with van der Waals surface area (Å²) in [7, 11) is 0. The van der Waals surface area contributed by atoms with E-state index in [1.807, 2.05) is 6.07 Å². The normalized spacial score (nSPS) is 9.90. The van der Waals surface area contributed by atoms with Crippen LogP contribution in [0.3, 0.4) is 0 Å². The smallest absolute Gasteiger partial charge is 0.255 e. The van der Waals surface area contributed by atoms with Gasteiger partial charge in [0.15, 0.2) is 5.82 Å². The molecule has 2 rings (SSSR count). The van der Waals surface area contributed by atoms with Crippen molar-refractivity contribution >= 4 is 23.2 Å². The van der Waals surface area contributed by atoms with E-state index in [9.17, 15) is 13.6 Å². The van der Waals surface area contributed by atoms with Crippen LogP contribution in [-0.4, -0.2) is 5.91 Å². The summed E-state index contributed by atoms with van der Waals surface area (Å²) < 4.78 is 26.4. The minimum atomic E-state index is -0.972. The number of nitrogens with one attached hydrogen (secondary N) is 1. The van der Waals surface area contributed by atoms with Crippen molar-refractivity contribution in [3.05, 3.63) is 64.2 Å². The number of anilines is 1. The van der Waals surface area contributed by atoms with Crippen LogP contribution >= 0.6 is 11.6 Å². The molecule has 2 aromatic rings. The predicted molar refractivity (Wildman–Crippen MR) is 70.5 cm³/mol. The summed E-state index contributed by atoms with van der Waals surface area (Å²) in [6.07, 6.45) is 0. The molecular formula is C14H7ClF2N2O. The molecule has 1 N–H and O–H groups in total. The average molecular weight is 293 g/mol. The van der Waals surface area contributed by atoms with E-state index in [0.717, 1.165) is 6.07 Å². The Hall–Kier alpha value is -2.45. The van der Waals surface area contributed by atoms with E-state index in [0.29, 0.717) is 11.6 Å². The van der Waals surface area contributed by atoms with Gasteiger partial charge in [0, 0.05) is 11.6 Å². The molecule has 0 atom stereocenters. The summed E-state index contributed by atoms with van der Waals surface area (Å²) in [5.41, 5.74) is 0.160. The maximum absolute atomic E-state index is 13.5.